The van der Waals surface area contributed by atoms with E-state index in [4.69, 9.17) is 4.74 Å². The van der Waals surface area contributed by atoms with Crippen LogP contribution in [0.2, 0.25) is 0 Å². The zero-order valence-electron chi connectivity index (χ0n) is 12.1. The van der Waals surface area contributed by atoms with Gasteiger partial charge in [0.15, 0.2) is 0 Å². The topological polar surface area (TPSA) is 44.7 Å². The van der Waals surface area contributed by atoms with Crippen LogP contribution in [0.15, 0.2) is 0 Å². The normalized spacial score (nSPS) is 46.5. The Labute approximate surface area is 111 Å². The van der Waals surface area contributed by atoms with Crippen molar-refractivity contribution in [1.82, 2.24) is 10.2 Å². The molecule has 2 rings (SSSR count). The minimum atomic E-state index is -0.674. The molecule has 2 fully saturated rings. The molecule has 0 aromatic carbocycles. The highest BCUT2D eigenvalue weighted by molar-refractivity contribution is 4.94. The highest BCUT2D eigenvalue weighted by Gasteiger charge is 2.40. The third-order valence-corrected chi connectivity index (χ3v) is 4.94. The van der Waals surface area contributed by atoms with E-state index >= 15 is 0 Å². The minimum absolute atomic E-state index is 0.0519. The maximum absolute atomic E-state index is 10.5. The summed E-state index contributed by atoms with van der Waals surface area (Å²) in [5.41, 5.74) is -0.674. The Balaban J connectivity index is 1.86. The molecule has 4 nitrogen and oxygen atoms in total. The van der Waals surface area contributed by atoms with Crippen LogP contribution >= 0.6 is 0 Å². The highest BCUT2D eigenvalue weighted by atomic mass is 16.5. The first kappa shape index (κ1) is 14.3. The van der Waals surface area contributed by atoms with E-state index in [-0.39, 0.29) is 6.10 Å². The Bertz CT molecular complexity index is 287. The van der Waals surface area contributed by atoms with Crippen molar-refractivity contribution < 1.29 is 9.84 Å². The van der Waals surface area contributed by atoms with Crippen molar-refractivity contribution in [1.29, 1.82) is 0 Å². The second-order valence-corrected chi connectivity index (χ2v) is 6.36. The summed E-state index contributed by atoms with van der Waals surface area (Å²) in [6.45, 7) is 8.99. The molecule has 0 radical (unpaired) electrons. The molecular weight excluding hydrogens is 228 g/mol. The molecule has 2 N–H and O–H groups in total. The predicted octanol–water partition coefficient (Wildman–Crippen LogP) is 0.845. The summed E-state index contributed by atoms with van der Waals surface area (Å²) >= 11 is 0. The molecule has 2 heterocycles. The summed E-state index contributed by atoms with van der Waals surface area (Å²) in [7, 11) is 2.19. The van der Waals surface area contributed by atoms with Gasteiger partial charge >= 0.3 is 0 Å². The molecule has 0 amide bonds. The molecule has 0 bridgehead atoms. The van der Waals surface area contributed by atoms with Crippen LogP contribution in [0, 0.1) is 5.92 Å². The van der Waals surface area contributed by atoms with Gasteiger partial charge in [0.25, 0.3) is 0 Å². The average Bonchev–Trinajstić information content (AvgIpc) is 2.63. The monoisotopic (exact) mass is 256 g/mol. The molecule has 0 aromatic heterocycles. The van der Waals surface area contributed by atoms with E-state index in [1.54, 1.807) is 0 Å². The Kier molecular flexibility index (Phi) is 4.32. The Morgan fingerprint density at radius 3 is 2.72 bits per heavy atom. The lowest BCUT2D eigenvalue weighted by atomic mass is 9.88. The van der Waals surface area contributed by atoms with Gasteiger partial charge in [-0.2, -0.15) is 0 Å². The molecule has 2 saturated heterocycles. The summed E-state index contributed by atoms with van der Waals surface area (Å²) in [5, 5.41) is 14.1. The maximum Gasteiger partial charge on any atom is 0.105 e. The number of piperidine rings is 1. The smallest absolute Gasteiger partial charge is 0.105 e. The molecular formula is C14H28N2O2. The van der Waals surface area contributed by atoms with E-state index in [1.165, 1.54) is 0 Å². The van der Waals surface area contributed by atoms with Gasteiger partial charge in [0.2, 0.25) is 0 Å². The van der Waals surface area contributed by atoms with E-state index in [1.807, 2.05) is 6.92 Å². The van der Waals surface area contributed by atoms with E-state index in [0.717, 1.165) is 19.4 Å². The van der Waals surface area contributed by atoms with Crippen LogP contribution in [0.1, 0.15) is 33.6 Å². The first-order valence-electron chi connectivity index (χ1n) is 7.20. The van der Waals surface area contributed by atoms with Gasteiger partial charge in [-0.05, 0) is 33.2 Å². The molecule has 0 saturated carbocycles. The second-order valence-electron chi connectivity index (χ2n) is 6.36. The van der Waals surface area contributed by atoms with Crippen LogP contribution in [0.4, 0.5) is 0 Å². The fraction of sp³-hybridized carbons (Fsp3) is 1.00. The van der Waals surface area contributed by atoms with E-state index in [9.17, 15) is 5.11 Å². The molecule has 2 aliphatic heterocycles. The maximum atomic E-state index is 10.5. The number of likely N-dealkylation sites (tertiary alicyclic amines) is 1. The lowest BCUT2D eigenvalue weighted by molar-refractivity contribution is -0.0309. The van der Waals surface area contributed by atoms with Gasteiger partial charge in [0.05, 0.1) is 6.10 Å². The van der Waals surface area contributed by atoms with E-state index in [2.05, 4.69) is 31.1 Å². The van der Waals surface area contributed by atoms with Gasteiger partial charge in [0.1, 0.15) is 5.60 Å². The molecule has 0 aliphatic carbocycles. The highest BCUT2D eigenvalue weighted by Crippen LogP contribution is 2.26. The van der Waals surface area contributed by atoms with Crippen LogP contribution < -0.4 is 5.32 Å². The van der Waals surface area contributed by atoms with Crippen LogP contribution in [-0.2, 0) is 4.74 Å². The number of hydrogen-bond donors (Lipinski definition) is 2. The first-order chi connectivity index (χ1) is 8.42. The van der Waals surface area contributed by atoms with Crippen molar-refractivity contribution >= 4 is 0 Å². The SMILES string of the molecule is CC1CN(C)C(C)CC1NCC1(O)CCOC1C. The van der Waals surface area contributed by atoms with E-state index < -0.39 is 5.60 Å². The lowest BCUT2D eigenvalue weighted by Gasteiger charge is -2.41. The molecule has 0 aromatic rings. The second kappa shape index (κ2) is 5.45. The number of hydrogen-bond acceptors (Lipinski definition) is 4. The van der Waals surface area contributed by atoms with Gasteiger partial charge in [-0.1, -0.05) is 6.92 Å². The predicted molar refractivity (Wildman–Crippen MR) is 72.6 cm³/mol. The number of aliphatic hydroxyl groups is 1. The van der Waals surface area contributed by atoms with Crippen molar-refractivity contribution in [2.24, 2.45) is 5.92 Å². The van der Waals surface area contributed by atoms with Crippen molar-refractivity contribution in [3.63, 3.8) is 0 Å². The average molecular weight is 256 g/mol. The van der Waals surface area contributed by atoms with Crippen LogP contribution in [-0.4, -0.2) is 60.5 Å². The van der Waals surface area contributed by atoms with Gasteiger partial charge in [-0.15, -0.1) is 0 Å². The molecule has 4 heteroatoms. The molecule has 5 atom stereocenters. The molecule has 106 valence electrons. The molecule has 0 spiro atoms. The van der Waals surface area contributed by atoms with Crippen molar-refractivity contribution in [3.05, 3.63) is 0 Å². The quantitative estimate of drug-likeness (QED) is 0.785. The van der Waals surface area contributed by atoms with Gasteiger partial charge in [0, 0.05) is 38.2 Å². The fourth-order valence-electron chi connectivity index (χ4n) is 3.14. The van der Waals surface area contributed by atoms with Crippen molar-refractivity contribution in [2.75, 3.05) is 26.7 Å². The summed E-state index contributed by atoms with van der Waals surface area (Å²) in [4.78, 5) is 2.42. The third kappa shape index (κ3) is 2.87. The largest absolute Gasteiger partial charge is 0.386 e. The zero-order chi connectivity index (χ0) is 13.3. The summed E-state index contributed by atoms with van der Waals surface area (Å²) < 4.78 is 5.48. The lowest BCUT2D eigenvalue weighted by Crippen LogP contribution is -2.55. The van der Waals surface area contributed by atoms with Crippen LogP contribution in [0.5, 0.6) is 0 Å². The van der Waals surface area contributed by atoms with Gasteiger partial charge < -0.3 is 20.1 Å². The number of nitrogens with zero attached hydrogens (tertiary/aromatic N) is 1. The van der Waals surface area contributed by atoms with Crippen LogP contribution in [0.3, 0.4) is 0 Å². The third-order valence-electron chi connectivity index (χ3n) is 4.94. The molecule has 5 unspecified atom stereocenters. The van der Waals surface area contributed by atoms with Gasteiger partial charge in [-0.25, -0.2) is 0 Å². The summed E-state index contributed by atoms with van der Waals surface area (Å²) in [6, 6.07) is 1.12. The van der Waals surface area contributed by atoms with E-state index in [0.29, 0.717) is 31.2 Å². The number of nitrogens with one attached hydrogen (secondary N) is 1. The Hall–Kier alpha value is -0.160. The summed E-state index contributed by atoms with van der Waals surface area (Å²) in [5.74, 6) is 0.632. The zero-order valence-corrected chi connectivity index (χ0v) is 12.1. The fourth-order valence-corrected chi connectivity index (χ4v) is 3.14. The van der Waals surface area contributed by atoms with Gasteiger partial charge in [-0.3, -0.25) is 0 Å². The van der Waals surface area contributed by atoms with Crippen molar-refractivity contribution in [3.8, 4) is 0 Å². The summed E-state index contributed by atoms with van der Waals surface area (Å²) in [6.07, 6.45) is 1.85. The first-order valence-corrected chi connectivity index (χ1v) is 7.20. The molecule has 2 aliphatic rings. The minimum Gasteiger partial charge on any atom is -0.386 e. The standard InChI is InChI=1S/C14H28N2O2/c1-10-8-16(4)11(2)7-13(10)15-9-14(17)5-6-18-12(14)3/h10-13,15,17H,5-9H2,1-4H3. The Morgan fingerprint density at radius 1 is 1.39 bits per heavy atom. The van der Waals surface area contributed by atoms with Crippen LogP contribution in [0.25, 0.3) is 0 Å². The Morgan fingerprint density at radius 2 is 2.11 bits per heavy atom. The number of ether oxygens (including phenoxy) is 1. The van der Waals surface area contributed by atoms with Crippen molar-refractivity contribution in [2.45, 2.75) is 57.4 Å². The number of rotatable bonds is 3. The molecule has 18 heavy (non-hydrogen) atoms.